The lowest BCUT2D eigenvalue weighted by Crippen LogP contribution is -2.45. The second kappa shape index (κ2) is 7.12. The van der Waals surface area contributed by atoms with Gasteiger partial charge in [0, 0.05) is 5.02 Å². The number of carboxylic acids is 1. The fourth-order valence-corrected chi connectivity index (χ4v) is 1.61. The van der Waals surface area contributed by atoms with Gasteiger partial charge in [0.05, 0.1) is 17.7 Å². The van der Waals surface area contributed by atoms with E-state index in [1.807, 2.05) is 6.07 Å². The summed E-state index contributed by atoms with van der Waals surface area (Å²) >= 11 is 5.75. The van der Waals surface area contributed by atoms with Gasteiger partial charge in [0.2, 0.25) is 5.91 Å². The molecule has 0 aliphatic carbocycles. The summed E-state index contributed by atoms with van der Waals surface area (Å²) in [7, 11) is 0. The van der Waals surface area contributed by atoms with Gasteiger partial charge in [0.25, 0.3) is 0 Å². The van der Waals surface area contributed by atoms with Crippen molar-refractivity contribution < 1.29 is 19.5 Å². The van der Waals surface area contributed by atoms with E-state index in [4.69, 9.17) is 27.7 Å². The van der Waals surface area contributed by atoms with Crippen LogP contribution in [0.3, 0.4) is 0 Å². The number of nitrogens with zero attached hydrogens (tertiary/aromatic N) is 1. The Kier molecular flexibility index (Phi) is 5.51. The maximum atomic E-state index is 11.7. The zero-order chi connectivity index (χ0) is 16.0. The minimum atomic E-state index is -1.47. The zero-order valence-corrected chi connectivity index (χ0v) is 11.3. The first-order valence-corrected chi connectivity index (χ1v) is 5.99. The number of carbonyl (C=O) groups excluding carboxylic acids is 2. The van der Waals surface area contributed by atoms with E-state index in [9.17, 15) is 14.4 Å². The van der Waals surface area contributed by atoms with Gasteiger partial charge in [-0.15, -0.1) is 0 Å². The Hall–Kier alpha value is -2.79. The van der Waals surface area contributed by atoms with Gasteiger partial charge in [-0.3, -0.25) is 4.79 Å². The van der Waals surface area contributed by atoms with E-state index in [0.29, 0.717) is 0 Å². The van der Waals surface area contributed by atoms with Gasteiger partial charge in [0.1, 0.15) is 12.1 Å². The van der Waals surface area contributed by atoms with E-state index >= 15 is 0 Å². The second-order valence-electron chi connectivity index (χ2n) is 3.96. The number of nitrogens with two attached hydrogens (primary N) is 1. The summed E-state index contributed by atoms with van der Waals surface area (Å²) in [5.74, 6) is -2.28. The van der Waals surface area contributed by atoms with E-state index in [0.717, 1.165) is 0 Å². The quantitative estimate of drug-likeness (QED) is 0.631. The summed E-state index contributed by atoms with van der Waals surface area (Å²) in [4.78, 5) is 33.3. The topological polar surface area (TPSA) is 145 Å². The van der Waals surface area contributed by atoms with Crippen LogP contribution in [0.1, 0.15) is 12.0 Å². The number of amides is 3. The molecule has 0 aromatic heterocycles. The molecule has 3 amide bonds. The third-order valence-corrected chi connectivity index (χ3v) is 2.59. The number of urea groups is 1. The summed E-state index contributed by atoms with van der Waals surface area (Å²) in [5.41, 5.74) is 5.16. The van der Waals surface area contributed by atoms with Crippen LogP contribution in [0.2, 0.25) is 5.02 Å². The van der Waals surface area contributed by atoms with Crippen molar-refractivity contribution in [2.45, 2.75) is 12.5 Å². The molecular formula is C12H11ClN4O4. The smallest absolute Gasteiger partial charge is 0.326 e. The Balaban J connectivity index is 2.81. The lowest BCUT2D eigenvalue weighted by molar-refractivity contribution is -0.140. The molecule has 8 nitrogen and oxygen atoms in total. The van der Waals surface area contributed by atoms with Crippen LogP contribution in [0.15, 0.2) is 18.2 Å². The number of aliphatic carboxylic acids is 1. The van der Waals surface area contributed by atoms with Crippen molar-refractivity contribution in [3.63, 3.8) is 0 Å². The molecule has 0 radical (unpaired) electrons. The molecule has 1 aromatic rings. The Morgan fingerprint density at radius 3 is 2.62 bits per heavy atom. The average molecular weight is 311 g/mol. The molecule has 0 heterocycles. The first-order valence-electron chi connectivity index (χ1n) is 5.61. The number of hydrogen-bond donors (Lipinski definition) is 4. The molecule has 0 spiro atoms. The highest BCUT2D eigenvalue weighted by Crippen LogP contribution is 2.20. The highest BCUT2D eigenvalue weighted by molar-refractivity contribution is 6.31. The summed E-state index contributed by atoms with van der Waals surface area (Å²) in [6, 6.07) is 3.68. The number of halogens is 1. The van der Waals surface area contributed by atoms with Crippen LogP contribution in [0, 0.1) is 11.3 Å². The number of carbonyl (C=O) groups is 3. The van der Waals surface area contributed by atoms with Gasteiger partial charge < -0.3 is 21.5 Å². The van der Waals surface area contributed by atoms with Crippen LogP contribution in [0.5, 0.6) is 0 Å². The van der Waals surface area contributed by atoms with Gasteiger partial charge in [0.15, 0.2) is 0 Å². The lowest BCUT2D eigenvalue weighted by atomic mass is 10.2. The molecule has 0 bridgehead atoms. The van der Waals surface area contributed by atoms with Gasteiger partial charge >= 0.3 is 12.0 Å². The molecule has 0 saturated heterocycles. The Bertz CT molecular complexity index is 626. The lowest BCUT2D eigenvalue weighted by Gasteiger charge is -2.14. The Labute approximate surface area is 124 Å². The van der Waals surface area contributed by atoms with Crippen LogP contribution in [0.4, 0.5) is 10.5 Å². The Morgan fingerprint density at radius 1 is 1.43 bits per heavy atom. The molecule has 21 heavy (non-hydrogen) atoms. The number of nitrogens with one attached hydrogen (secondary N) is 2. The fraction of sp³-hybridized carbons (Fsp3) is 0.167. The van der Waals surface area contributed by atoms with Crippen molar-refractivity contribution in [1.82, 2.24) is 5.32 Å². The highest BCUT2D eigenvalue weighted by atomic mass is 35.5. The normalized spacial score (nSPS) is 11.0. The number of rotatable bonds is 5. The number of carboxylic acid groups (broad SMARTS) is 1. The van der Waals surface area contributed by atoms with Crippen molar-refractivity contribution in [2.75, 3.05) is 5.32 Å². The van der Waals surface area contributed by atoms with Crippen molar-refractivity contribution in [3.8, 4) is 6.07 Å². The average Bonchev–Trinajstić information content (AvgIpc) is 2.37. The first-order chi connectivity index (χ1) is 9.83. The number of benzene rings is 1. The molecule has 9 heteroatoms. The van der Waals surface area contributed by atoms with Gasteiger partial charge in [-0.1, -0.05) is 11.6 Å². The van der Waals surface area contributed by atoms with E-state index in [-0.39, 0.29) is 16.3 Å². The van der Waals surface area contributed by atoms with Crippen LogP contribution in [-0.4, -0.2) is 29.1 Å². The van der Waals surface area contributed by atoms with Gasteiger partial charge in [-0.25, -0.2) is 9.59 Å². The number of anilines is 1. The summed E-state index contributed by atoms with van der Waals surface area (Å²) in [5, 5.41) is 22.4. The largest absolute Gasteiger partial charge is 0.480 e. The molecule has 0 aliphatic heterocycles. The van der Waals surface area contributed by atoms with E-state index in [1.165, 1.54) is 18.2 Å². The van der Waals surface area contributed by atoms with E-state index < -0.39 is 30.4 Å². The monoisotopic (exact) mass is 310 g/mol. The maximum absolute atomic E-state index is 11.7. The van der Waals surface area contributed by atoms with E-state index in [1.54, 1.807) is 0 Å². The van der Waals surface area contributed by atoms with Gasteiger partial charge in [-0.2, -0.15) is 5.26 Å². The van der Waals surface area contributed by atoms with Gasteiger partial charge in [-0.05, 0) is 18.2 Å². The van der Waals surface area contributed by atoms with Crippen molar-refractivity contribution in [3.05, 3.63) is 28.8 Å². The predicted molar refractivity (Wildman–Crippen MR) is 73.6 cm³/mol. The Morgan fingerprint density at radius 2 is 2.10 bits per heavy atom. The highest BCUT2D eigenvalue weighted by Gasteiger charge is 2.22. The minimum absolute atomic E-state index is 0.116. The number of primary amides is 1. The molecule has 0 saturated carbocycles. The molecule has 110 valence electrons. The summed E-state index contributed by atoms with van der Waals surface area (Å²) in [6.07, 6.45) is -0.552. The molecule has 5 N–H and O–H groups in total. The molecule has 0 fully saturated rings. The molecule has 1 atom stereocenters. The maximum Gasteiger partial charge on any atom is 0.326 e. The summed E-state index contributed by atoms with van der Waals surface area (Å²) < 4.78 is 0. The van der Waals surface area contributed by atoms with Crippen molar-refractivity contribution in [1.29, 1.82) is 5.26 Å². The van der Waals surface area contributed by atoms with Crippen molar-refractivity contribution >= 4 is 35.2 Å². The molecule has 0 aliphatic rings. The third-order valence-electron chi connectivity index (χ3n) is 2.36. The standard InChI is InChI=1S/C12H11ClN4O4/c13-7-2-1-6(5-14)8(3-7)16-12(21)17-9(11(19)20)4-10(15)18/h1-3,9H,4H2,(H2,15,18)(H,19,20)(H2,16,17,21). The number of hydrogen-bond acceptors (Lipinski definition) is 4. The minimum Gasteiger partial charge on any atom is -0.480 e. The fourth-order valence-electron chi connectivity index (χ4n) is 1.44. The van der Waals surface area contributed by atoms with Crippen LogP contribution >= 0.6 is 11.6 Å². The van der Waals surface area contributed by atoms with Crippen LogP contribution in [-0.2, 0) is 9.59 Å². The molecule has 1 aromatic carbocycles. The molecule has 1 rings (SSSR count). The zero-order valence-electron chi connectivity index (χ0n) is 10.6. The molecular weight excluding hydrogens is 300 g/mol. The summed E-state index contributed by atoms with van der Waals surface area (Å²) in [6.45, 7) is 0. The van der Waals surface area contributed by atoms with Crippen LogP contribution < -0.4 is 16.4 Å². The predicted octanol–water partition coefficient (Wildman–Crippen LogP) is 0.662. The van der Waals surface area contributed by atoms with Crippen molar-refractivity contribution in [2.24, 2.45) is 5.73 Å². The first kappa shape index (κ1) is 16.3. The number of nitriles is 1. The second-order valence-corrected chi connectivity index (χ2v) is 4.40. The molecule has 1 unspecified atom stereocenters. The third kappa shape index (κ3) is 5.00. The van der Waals surface area contributed by atoms with E-state index in [2.05, 4.69) is 10.6 Å². The SMILES string of the molecule is N#Cc1ccc(Cl)cc1NC(=O)NC(CC(N)=O)C(=O)O. The van der Waals surface area contributed by atoms with Crippen LogP contribution in [0.25, 0.3) is 0 Å².